The molecule has 4 nitrogen and oxygen atoms in total. The first-order valence-electron chi connectivity index (χ1n) is 4.20. The predicted octanol–water partition coefficient (Wildman–Crippen LogP) is -0.374. The van der Waals surface area contributed by atoms with Crippen molar-refractivity contribution in [2.24, 2.45) is 5.92 Å². The smallest absolute Gasteiger partial charge is 0.224 e. The maximum absolute atomic E-state index is 11.3. The Morgan fingerprint density at radius 2 is 2.58 bits per heavy atom. The third-order valence-corrected chi connectivity index (χ3v) is 1.97. The van der Waals surface area contributed by atoms with Gasteiger partial charge in [-0.15, -0.1) is 0 Å². The predicted molar refractivity (Wildman–Crippen MR) is 44.2 cm³/mol. The van der Waals surface area contributed by atoms with Crippen LogP contribution >= 0.6 is 0 Å². The lowest BCUT2D eigenvalue weighted by molar-refractivity contribution is -0.124. The third-order valence-electron chi connectivity index (χ3n) is 1.97. The van der Waals surface area contributed by atoms with Crippen LogP contribution in [0, 0.1) is 17.2 Å². The molecule has 1 unspecified atom stereocenters. The Labute approximate surface area is 71.9 Å². The van der Waals surface area contributed by atoms with Crippen LogP contribution in [0.3, 0.4) is 0 Å². The van der Waals surface area contributed by atoms with Crippen LogP contribution < -0.4 is 10.6 Å². The zero-order valence-electron chi connectivity index (χ0n) is 6.97. The van der Waals surface area contributed by atoms with Gasteiger partial charge in [0.2, 0.25) is 5.91 Å². The second-order valence-electron chi connectivity index (χ2n) is 2.89. The molecule has 1 fully saturated rings. The highest BCUT2D eigenvalue weighted by atomic mass is 16.1. The summed E-state index contributed by atoms with van der Waals surface area (Å²) < 4.78 is 0. The molecule has 0 spiro atoms. The van der Waals surface area contributed by atoms with E-state index < -0.39 is 0 Å². The lowest BCUT2D eigenvalue weighted by Crippen LogP contribution is -2.32. The lowest BCUT2D eigenvalue weighted by Gasteiger charge is -2.07. The van der Waals surface area contributed by atoms with Crippen LogP contribution in [0.15, 0.2) is 0 Å². The average Bonchev–Trinajstić information content (AvgIpc) is 2.56. The van der Waals surface area contributed by atoms with E-state index in [2.05, 4.69) is 10.6 Å². The van der Waals surface area contributed by atoms with Crippen LogP contribution in [-0.2, 0) is 4.79 Å². The summed E-state index contributed by atoms with van der Waals surface area (Å²) in [7, 11) is 0. The Bertz CT molecular complexity index is 191. The molecular weight excluding hydrogens is 154 g/mol. The van der Waals surface area contributed by atoms with Crippen molar-refractivity contribution in [3.63, 3.8) is 0 Å². The zero-order chi connectivity index (χ0) is 8.81. The first-order chi connectivity index (χ1) is 5.84. The molecule has 0 radical (unpaired) electrons. The molecule has 2 N–H and O–H groups in total. The number of nitrogens with zero attached hydrogens (tertiary/aromatic N) is 1. The van der Waals surface area contributed by atoms with Gasteiger partial charge >= 0.3 is 0 Å². The summed E-state index contributed by atoms with van der Waals surface area (Å²) in [6.45, 7) is 2.18. The minimum Gasteiger partial charge on any atom is -0.355 e. The number of amides is 1. The summed E-state index contributed by atoms with van der Waals surface area (Å²) in [4.78, 5) is 11.3. The quantitative estimate of drug-likeness (QED) is 0.563. The molecule has 0 saturated carbocycles. The van der Waals surface area contributed by atoms with E-state index in [-0.39, 0.29) is 11.8 Å². The Morgan fingerprint density at radius 1 is 1.75 bits per heavy atom. The van der Waals surface area contributed by atoms with E-state index >= 15 is 0 Å². The molecule has 1 aliphatic rings. The molecule has 0 aromatic carbocycles. The monoisotopic (exact) mass is 167 g/mol. The maximum Gasteiger partial charge on any atom is 0.224 e. The molecule has 1 saturated heterocycles. The number of carbonyl (C=O) groups excluding carboxylic acids is 1. The van der Waals surface area contributed by atoms with Crippen molar-refractivity contribution in [3.8, 4) is 6.07 Å². The standard InChI is InChI=1S/C8H13N3O/c9-3-1-4-11-8(12)7-2-5-10-6-7/h7,10H,1-2,4-6H2,(H,11,12). The van der Waals surface area contributed by atoms with Gasteiger partial charge in [-0.1, -0.05) is 0 Å². The van der Waals surface area contributed by atoms with Gasteiger partial charge < -0.3 is 10.6 Å². The fourth-order valence-corrected chi connectivity index (χ4v) is 1.26. The average molecular weight is 167 g/mol. The number of rotatable bonds is 3. The van der Waals surface area contributed by atoms with Crippen LogP contribution in [-0.4, -0.2) is 25.5 Å². The van der Waals surface area contributed by atoms with E-state index in [4.69, 9.17) is 5.26 Å². The molecule has 0 aromatic heterocycles. The molecule has 1 heterocycles. The number of hydrogen-bond donors (Lipinski definition) is 2. The Morgan fingerprint density at radius 3 is 3.17 bits per heavy atom. The van der Waals surface area contributed by atoms with Crippen LogP contribution in [0.5, 0.6) is 0 Å². The highest BCUT2D eigenvalue weighted by molar-refractivity contribution is 5.79. The van der Waals surface area contributed by atoms with E-state index in [1.54, 1.807) is 0 Å². The second-order valence-corrected chi connectivity index (χ2v) is 2.89. The molecule has 12 heavy (non-hydrogen) atoms. The van der Waals surface area contributed by atoms with Gasteiger partial charge in [-0.05, 0) is 13.0 Å². The highest BCUT2D eigenvalue weighted by Gasteiger charge is 2.21. The third kappa shape index (κ3) is 2.51. The topological polar surface area (TPSA) is 64.9 Å². The summed E-state index contributed by atoms with van der Waals surface area (Å²) in [5, 5.41) is 14.1. The lowest BCUT2D eigenvalue weighted by atomic mass is 10.1. The van der Waals surface area contributed by atoms with Gasteiger partial charge in [-0.25, -0.2) is 0 Å². The van der Waals surface area contributed by atoms with E-state index in [1.807, 2.05) is 6.07 Å². The zero-order valence-corrected chi connectivity index (χ0v) is 6.97. The van der Waals surface area contributed by atoms with Crippen molar-refractivity contribution in [1.29, 1.82) is 5.26 Å². The normalized spacial score (nSPS) is 21.8. The minimum absolute atomic E-state index is 0.0789. The summed E-state index contributed by atoms with van der Waals surface area (Å²) >= 11 is 0. The van der Waals surface area contributed by atoms with Crippen molar-refractivity contribution in [1.82, 2.24) is 10.6 Å². The molecule has 1 amide bonds. The van der Waals surface area contributed by atoms with Crippen LogP contribution in [0.2, 0.25) is 0 Å². The molecule has 66 valence electrons. The van der Waals surface area contributed by atoms with Gasteiger partial charge in [0.25, 0.3) is 0 Å². The first-order valence-corrected chi connectivity index (χ1v) is 4.20. The van der Waals surface area contributed by atoms with Gasteiger partial charge in [-0.3, -0.25) is 4.79 Å². The Hall–Kier alpha value is -1.08. The summed E-state index contributed by atoms with van der Waals surface area (Å²) in [6, 6.07) is 1.98. The molecule has 0 bridgehead atoms. The number of nitrogens with one attached hydrogen (secondary N) is 2. The largest absolute Gasteiger partial charge is 0.355 e. The molecule has 0 aliphatic carbocycles. The Balaban J connectivity index is 2.15. The van der Waals surface area contributed by atoms with Crippen molar-refractivity contribution >= 4 is 5.91 Å². The fourth-order valence-electron chi connectivity index (χ4n) is 1.26. The van der Waals surface area contributed by atoms with Gasteiger partial charge in [0.1, 0.15) is 0 Å². The summed E-state index contributed by atoms with van der Waals surface area (Å²) in [6.07, 6.45) is 1.31. The summed E-state index contributed by atoms with van der Waals surface area (Å²) in [5.74, 6) is 0.193. The molecule has 1 rings (SSSR count). The number of carbonyl (C=O) groups is 1. The van der Waals surface area contributed by atoms with Crippen molar-refractivity contribution in [2.45, 2.75) is 12.8 Å². The van der Waals surface area contributed by atoms with Crippen LogP contribution in [0.4, 0.5) is 0 Å². The highest BCUT2D eigenvalue weighted by Crippen LogP contribution is 2.06. The van der Waals surface area contributed by atoms with Crippen LogP contribution in [0.25, 0.3) is 0 Å². The van der Waals surface area contributed by atoms with Crippen molar-refractivity contribution in [2.75, 3.05) is 19.6 Å². The number of hydrogen-bond acceptors (Lipinski definition) is 3. The maximum atomic E-state index is 11.3. The second kappa shape index (κ2) is 4.73. The van der Waals surface area contributed by atoms with Crippen molar-refractivity contribution < 1.29 is 4.79 Å². The fraction of sp³-hybridized carbons (Fsp3) is 0.750. The minimum atomic E-state index is 0.0789. The molecule has 0 aromatic rings. The van der Waals surface area contributed by atoms with E-state index in [9.17, 15) is 4.79 Å². The van der Waals surface area contributed by atoms with Gasteiger partial charge in [-0.2, -0.15) is 5.26 Å². The van der Waals surface area contributed by atoms with E-state index in [0.717, 1.165) is 19.5 Å². The van der Waals surface area contributed by atoms with Gasteiger partial charge in [0.05, 0.1) is 18.4 Å². The van der Waals surface area contributed by atoms with Crippen molar-refractivity contribution in [3.05, 3.63) is 0 Å². The SMILES string of the molecule is N#CCCNC(=O)C1CCNC1. The molecule has 1 aliphatic heterocycles. The number of nitriles is 1. The van der Waals surface area contributed by atoms with Gasteiger partial charge in [0.15, 0.2) is 0 Å². The summed E-state index contributed by atoms with van der Waals surface area (Å²) in [5.41, 5.74) is 0. The van der Waals surface area contributed by atoms with Crippen LogP contribution in [0.1, 0.15) is 12.8 Å². The first kappa shape index (κ1) is 9.01. The van der Waals surface area contributed by atoms with E-state index in [1.165, 1.54) is 0 Å². The van der Waals surface area contributed by atoms with Gasteiger partial charge in [0, 0.05) is 13.1 Å². The van der Waals surface area contributed by atoms with E-state index in [0.29, 0.717) is 13.0 Å². The Kier molecular flexibility index (Phi) is 3.55. The molecular formula is C8H13N3O. The molecule has 4 heteroatoms. The molecule has 1 atom stereocenters.